The molecular formula is C14H23NOSSi. The van der Waals surface area contributed by atoms with Crippen LogP contribution in [0.5, 0.6) is 0 Å². The minimum absolute atomic E-state index is 0.403. The largest absolute Gasteiger partial charge is 0.388 e. The Bertz CT molecular complexity index is 443. The van der Waals surface area contributed by atoms with Crippen molar-refractivity contribution in [2.75, 3.05) is 0 Å². The van der Waals surface area contributed by atoms with Gasteiger partial charge in [-0.1, -0.05) is 31.4 Å². The van der Waals surface area contributed by atoms with Crippen molar-refractivity contribution in [1.82, 2.24) is 4.98 Å². The molecule has 0 saturated heterocycles. The Kier molecular flexibility index (Phi) is 5.50. The predicted octanol–water partition coefficient (Wildman–Crippen LogP) is 4.04. The van der Waals surface area contributed by atoms with Crippen molar-refractivity contribution < 1.29 is 5.11 Å². The maximum absolute atomic E-state index is 10.1. The first kappa shape index (κ1) is 15.3. The van der Waals surface area contributed by atoms with Crippen LogP contribution in [0, 0.1) is 6.92 Å². The van der Waals surface area contributed by atoms with E-state index in [9.17, 15) is 5.11 Å². The fraction of sp³-hybridized carbons (Fsp3) is 0.500. The number of hydrogen-bond donors (Lipinski definition) is 1. The average molecular weight is 281 g/mol. The first-order valence-corrected chi connectivity index (χ1v) is 10.7. The van der Waals surface area contributed by atoms with Gasteiger partial charge in [-0.15, -0.1) is 11.3 Å². The highest BCUT2D eigenvalue weighted by Gasteiger charge is 2.09. The average Bonchev–Trinajstić information content (AvgIpc) is 2.61. The Morgan fingerprint density at radius 2 is 2.17 bits per heavy atom. The summed E-state index contributed by atoms with van der Waals surface area (Å²) in [4.78, 5) is 4.37. The van der Waals surface area contributed by atoms with Crippen molar-refractivity contribution in [2.24, 2.45) is 0 Å². The first-order valence-electron chi connectivity index (χ1n) is 6.24. The van der Waals surface area contributed by atoms with Crippen LogP contribution in [0.2, 0.25) is 19.6 Å². The van der Waals surface area contributed by atoms with E-state index < -0.39 is 14.2 Å². The quantitative estimate of drug-likeness (QED) is 0.826. The molecule has 4 heteroatoms. The third-order valence-corrected chi connectivity index (χ3v) is 4.54. The van der Waals surface area contributed by atoms with E-state index in [0.29, 0.717) is 6.42 Å². The van der Waals surface area contributed by atoms with E-state index in [4.69, 9.17) is 0 Å². The number of nitrogens with zero attached hydrogens (tertiary/aromatic N) is 1. The van der Waals surface area contributed by atoms with Gasteiger partial charge in [-0.3, -0.25) is 0 Å². The van der Waals surface area contributed by atoms with E-state index in [1.165, 1.54) is 0 Å². The molecule has 0 bridgehead atoms. The Balaban J connectivity index is 2.59. The van der Waals surface area contributed by atoms with Gasteiger partial charge >= 0.3 is 0 Å². The summed E-state index contributed by atoms with van der Waals surface area (Å²) in [5.41, 5.74) is 4.19. The van der Waals surface area contributed by atoms with Crippen LogP contribution in [0.3, 0.4) is 0 Å². The summed E-state index contributed by atoms with van der Waals surface area (Å²) in [5.74, 6) is 0. The van der Waals surface area contributed by atoms with E-state index in [1.807, 2.05) is 25.3 Å². The first-order chi connectivity index (χ1) is 8.28. The van der Waals surface area contributed by atoms with Gasteiger partial charge in [-0.2, -0.15) is 0 Å². The highest BCUT2D eigenvalue weighted by atomic mass is 32.1. The monoisotopic (exact) mass is 281 g/mol. The molecule has 100 valence electrons. The summed E-state index contributed by atoms with van der Waals surface area (Å²) in [6, 6.07) is 0. The number of hydrogen-bond acceptors (Lipinski definition) is 3. The maximum Gasteiger partial charge on any atom is 0.0901 e. The third kappa shape index (κ3) is 5.75. The van der Waals surface area contributed by atoms with Gasteiger partial charge in [-0.05, 0) is 31.9 Å². The van der Waals surface area contributed by atoms with Crippen LogP contribution in [0.1, 0.15) is 24.0 Å². The van der Waals surface area contributed by atoms with Gasteiger partial charge in [0.05, 0.1) is 24.9 Å². The van der Waals surface area contributed by atoms with Crippen molar-refractivity contribution in [3.05, 3.63) is 33.4 Å². The second kappa shape index (κ2) is 6.45. The summed E-state index contributed by atoms with van der Waals surface area (Å²) in [6.45, 7) is 10.8. The van der Waals surface area contributed by atoms with E-state index in [-0.39, 0.29) is 0 Å². The summed E-state index contributed by atoms with van der Waals surface area (Å²) in [7, 11) is -1.15. The molecule has 0 radical (unpaired) electrons. The number of rotatable bonds is 5. The molecule has 0 unspecified atom stereocenters. The van der Waals surface area contributed by atoms with Crippen LogP contribution in [0.4, 0.5) is 0 Å². The van der Waals surface area contributed by atoms with E-state index in [0.717, 1.165) is 16.3 Å². The molecule has 1 atom stereocenters. The molecule has 1 aromatic heterocycles. The Morgan fingerprint density at radius 1 is 1.50 bits per heavy atom. The zero-order valence-corrected chi connectivity index (χ0v) is 13.7. The van der Waals surface area contributed by atoms with Crippen LogP contribution in [-0.2, 0) is 0 Å². The minimum Gasteiger partial charge on any atom is -0.388 e. The Morgan fingerprint density at radius 3 is 2.67 bits per heavy atom. The summed E-state index contributed by atoms with van der Waals surface area (Å²) in [6.07, 6.45) is 4.37. The van der Waals surface area contributed by atoms with Gasteiger partial charge in [0, 0.05) is 5.38 Å². The summed E-state index contributed by atoms with van der Waals surface area (Å²) in [5, 5.41) is 13.1. The predicted molar refractivity (Wildman–Crippen MR) is 83.6 cm³/mol. The molecule has 18 heavy (non-hydrogen) atoms. The van der Waals surface area contributed by atoms with Gasteiger partial charge in [-0.25, -0.2) is 4.98 Å². The molecule has 0 fully saturated rings. The lowest BCUT2D eigenvalue weighted by Gasteiger charge is -2.11. The van der Waals surface area contributed by atoms with Crippen molar-refractivity contribution in [3.8, 4) is 0 Å². The van der Waals surface area contributed by atoms with Gasteiger partial charge in [0.1, 0.15) is 0 Å². The van der Waals surface area contributed by atoms with Crippen LogP contribution >= 0.6 is 11.3 Å². The van der Waals surface area contributed by atoms with Crippen molar-refractivity contribution in [1.29, 1.82) is 0 Å². The van der Waals surface area contributed by atoms with Gasteiger partial charge in [0.2, 0.25) is 0 Å². The number of aliphatic hydroxyl groups excluding tert-OH is 1. The number of aryl methyl sites for hydroxylation is 1. The van der Waals surface area contributed by atoms with Crippen molar-refractivity contribution in [3.63, 3.8) is 0 Å². The zero-order chi connectivity index (χ0) is 13.8. The molecule has 2 nitrogen and oxygen atoms in total. The van der Waals surface area contributed by atoms with E-state index in [2.05, 4.69) is 36.4 Å². The van der Waals surface area contributed by atoms with E-state index >= 15 is 0 Å². The van der Waals surface area contributed by atoms with Gasteiger partial charge < -0.3 is 5.11 Å². The SMILES string of the molecule is C/C(=C\c1csc(C)n1)[C@@H](O)C/C=C\[Si](C)(C)C. The second-order valence-electron chi connectivity index (χ2n) is 5.70. The Labute approximate surface area is 115 Å². The van der Waals surface area contributed by atoms with Gasteiger partial charge in [0.25, 0.3) is 0 Å². The molecule has 0 aromatic carbocycles. The summed E-state index contributed by atoms with van der Waals surface area (Å²) >= 11 is 1.63. The lowest BCUT2D eigenvalue weighted by atomic mass is 10.1. The van der Waals surface area contributed by atoms with Crippen molar-refractivity contribution >= 4 is 25.5 Å². The van der Waals surface area contributed by atoms with Crippen molar-refractivity contribution in [2.45, 2.75) is 46.0 Å². The topological polar surface area (TPSA) is 33.1 Å². The van der Waals surface area contributed by atoms with Crippen LogP contribution in [0.15, 0.2) is 22.7 Å². The molecule has 1 heterocycles. The second-order valence-corrected chi connectivity index (χ2v) is 11.8. The summed E-state index contributed by atoms with van der Waals surface area (Å²) < 4.78 is 0. The highest BCUT2D eigenvalue weighted by Crippen LogP contribution is 2.15. The molecule has 1 aromatic rings. The molecule has 0 aliphatic rings. The zero-order valence-electron chi connectivity index (χ0n) is 11.9. The smallest absolute Gasteiger partial charge is 0.0901 e. The van der Waals surface area contributed by atoms with Gasteiger partial charge in [0.15, 0.2) is 0 Å². The molecule has 1 N–H and O–H groups in total. The Hall–Kier alpha value is -0.713. The van der Waals surface area contributed by atoms with Crippen LogP contribution < -0.4 is 0 Å². The number of thiazole rings is 1. The maximum atomic E-state index is 10.1. The number of aromatic nitrogens is 1. The van der Waals surface area contributed by atoms with Crippen LogP contribution in [0.25, 0.3) is 6.08 Å². The fourth-order valence-corrected chi connectivity index (χ4v) is 2.93. The normalized spacial score (nSPS) is 15.3. The molecule has 0 aliphatic heterocycles. The lowest BCUT2D eigenvalue weighted by Crippen LogP contribution is -2.16. The number of aliphatic hydroxyl groups is 1. The molecule has 1 rings (SSSR count). The molecule has 0 spiro atoms. The molecule has 0 amide bonds. The highest BCUT2D eigenvalue weighted by molar-refractivity contribution is 7.09. The lowest BCUT2D eigenvalue weighted by molar-refractivity contribution is 0.215. The third-order valence-electron chi connectivity index (χ3n) is 2.52. The molecule has 0 aliphatic carbocycles. The molecular weight excluding hydrogens is 258 g/mol. The standard InChI is InChI=1S/C14H23NOSSi/c1-11(9-13-10-17-12(2)15-13)14(16)7-6-8-18(3,4)5/h6,8-10,14,16H,7H2,1-5H3/b8-6-,11-9+/t14-/m0/s1. The van der Waals surface area contributed by atoms with E-state index in [1.54, 1.807) is 11.3 Å². The fourth-order valence-electron chi connectivity index (χ4n) is 1.51. The van der Waals surface area contributed by atoms with Crippen LogP contribution in [-0.4, -0.2) is 24.3 Å². The minimum atomic E-state index is -1.15. The molecule has 0 saturated carbocycles.